The van der Waals surface area contributed by atoms with Crippen LogP contribution in [0.3, 0.4) is 0 Å². The number of halogens is 2. The summed E-state index contributed by atoms with van der Waals surface area (Å²) in [5.74, 6) is 1.08. The van der Waals surface area contributed by atoms with Crippen LogP contribution in [0.5, 0.6) is 5.75 Å². The fourth-order valence-electron chi connectivity index (χ4n) is 2.19. The van der Waals surface area contributed by atoms with Gasteiger partial charge < -0.3 is 4.74 Å². The van der Waals surface area contributed by atoms with E-state index in [1.165, 1.54) is 18.2 Å². The van der Waals surface area contributed by atoms with E-state index < -0.39 is 10.0 Å². The van der Waals surface area contributed by atoms with Gasteiger partial charge in [-0.25, -0.2) is 13.1 Å². The molecule has 0 amide bonds. The van der Waals surface area contributed by atoms with Gasteiger partial charge in [-0.15, -0.1) is 0 Å². The second-order valence-corrected chi connectivity index (χ2v) is 8.09. The third kappa shape index (κ3) is 4.86. The lowest BCUT2D eigenvalue weighted by Gasteiger charge is -2.14. The summed E-state index contributed by atoms with van der Waals surface area (Å²) in [5.41, 5.74) is 1.08. The Morgan fingerprint density at radius 1 is 1.12 bits per heavy atom. The van der Waals surface area contributed by atoms with E-state index in [0.717, 1.165) is 11.3 Å². The van der Waals surface area contributed by atoms with Gasteiger partial charge in [0.25, 0.3) is 0 Å². The molecule has 1 N–H and O–H groups in total. The summed E-state index contributed by atoms with van der Waals surface area (Å²) in [6.45, 7) is 4.48. The number of hydrogen-bond donors (Lipinski definition) is 1. The molecule has 2 rings (SSSR count). The summed E-state index contributed by atoms with van der Waals surface area (Å²) < 4.78 is 32.7. The molecular weight excluding hydrogens is 369 g/mol. The zero-order chi connectivity index (χ0) is 17.7. The largest absolute Gasteiger partial charge is 0.492 e. The molecule has 0 aromatic heterocycles. The van der Waals surface area contributed by atoms with Crippen LogP contribution in [0.1, 0.15) is 25.3 Å². The van der Waals surface area contributed by atoms with Gasteiger partial charge in [0.1, 0.15) is 17.3 Å². The third-order valence-corrected chi connectivity index (χ3v) is 5.55. The Balaban J connectivity index is 1.98. The molecule has 0 fully saturated rings. The van der Waals surface area contributed by atoms with Gasteiger partial charge in [-0.05, 0) is 35.7 Å². The Hall–Kier alpha value is -1.27. The number of sulfonamides is 1. The first-order valence-electron chi connectivity index (χ1n) is 7.47. The Morgan fingerprint density at radius 2 is 1.83 bits per heavy atom. The van der Waals surface area contributed by atoms with Crippen molar-refractivity contribution in [2.75, 3.05) is 13.2 Å². The smallest absolute Gasteiger partial charge is 0.242 e. The molecule has 0 heterocycles. The Bertz CT molecular complexity index is 807. The molecule has 4 nitrogen and oxygen atoms in total. The molecule has 0 saturated heterocycles. The molecule has 0 aliphatic rings. The SMILES string of the molecule is CC(C)c1ccccc1OCCNS(=O)(=O)c1cc(Cl)ccc1Cl. The average Bonchev–Trinajstić information content (AvgIpc) is 2.54. The summed E-state index contributed by atoms with van der Waals surface area (Å²) in [4.78, 5) is -0.0424. The van der Waals surface area contributed by atoms with Crippen LogP contribution in [-0.2, 0) is 10.0 Å². The fourth-order valence-corrected chi connectivity index (χ4v) is 3.96. The Labute approximate surface area is 152 Å². The molecule has 0 saturated carbocycles. The van der Waals surface area contributed by atoms with Gasteiger partial charge in [0, 0.05) is 11.6 Å². The second-order valence-electron chi connectivity index (χ2n) is 5.51. The van der Waals surface area contributed by atoms with Crippen molar-refractivity contribution in [1.29, 1.82) is 0 Å². The predicted molar refractivity (Wildman–Crippen MR) is 97.7 cm³/mol. The van der Waals surface area contributed by atoms with Gasteiger partial charge in [0.2, 0.25) is 10.0 Å². The highest BCUT2D eigenvalue weighted by molar-refractivity contribution is 7.89. The van der Waals surface area contributed by atoms with Crippen LogP contribution >= 0.6 is 23.2 Å². The molecule has 0 bridgehead atoms. The first-order valence-corrected chi connectivity index (χ1v) is 9.71. The monoisotopic (exact) mass is 387 g/mol. The Kier molecular flexibility index (Phi) is 6.52. The maximum atomic E-state index is 12.3. The minimum atomic E-state index is -3.74. The molecule has 2 aromatic carbocycles. The molecule has 0 unspecified atom stereocenters. The maximum absolute atomic E-state index is 12.3. The van der Waals surface area contributed by atoms with Crippen molar-refractivity contribution in [3.05, 3.63) is 58.1 Å². The van der Waals surface area contributed by atoms with Gasteiger partial charge in [-0.1, -0.05) is 55.2 Å². The van der Waals surface area contributed by atoms with Crippen molar-refractivity contribution in [3.63, 3.8) is 0 Å². The van der Waals surface area contributed by atoms with Crippen molar-refractivity contribution in [2.24, 2.45) is 0 Å². The summed E-state index contributed by atoms with van der Waals surface area (Å²) in [6, 6.07) is 12.0. The van der Waals surface area contributed by atoms with Gasteiger partial charge in [-0.2, -0.15) is 0 Å². The number of para-hydroxylation sites is 1. The van der Waals surface area contributed by atoms with Crippen molar-refractivity contribution >= 4 is 33.2 Å². The highest BCUT2D eigenvalue weighted by atomic mass is 35.5. The van der Waals surface area contributed by atoms with E-state index in [2.05, 4.69) is 18.6 Å². The van der Waals surface area contributed by atoms with E-state index >= 15 is 0 Å². The molecule has 0 spiro atoms. The zero-order valence-corrected chi connectivity index (χ0v) is 15.8. The van der Waals surface area contributed by atoms with Gasteiger partial charge in [0.05, 0.1) is 5.02 Å². The molecule has 130 valence electrons. The number of benzene rings is 2. The molecular formula is C17H19Cl2NO3S. The third-order valence-electron chi connectivity index (χ3n) is 3.38. The highest BCUT2D eigenvalue weighted by Gasteiger charge is 2.18. The summed E-state index contributed by atoms with van der Waals surface area (Å²) in [6.07, 6.45) is 0. The zero-order valence-electron chi connectivity index (χ0n) is 13.4. The van der Waals surface area contributed by atoms with Crippen LogP contribution < -0.4 is 9.46 Å². The average molecular weight is 388 g/mol. The van der Waals surface area contributed by atoms with Crippen molar-refractivity contribution < 1.29 is 13.2 Å². The molecule has 7 heteroatoms. The maximum Gasteiger partial charge on any atom is 0.242 e. The van der Waals surface area contributed by atoms with E-state index in [4.69, 9.17) is 27.9 Å². The molecule has 24 heavy (non-hydrogen) atoms. The molecule has 0 aliphatic heterocycles. The van der Waals surface area contributed by atoms with Crippen molar-refractivity contribution in [2.45, 2.75) is 24.7 Å². The van der Waals surface area contributed by atoms with E-state index in [0.29, 0.717) is 10.9 Å². The Morgan fingerprint density at radius 3 is 2.54 bits per heavy atom. The minimum absolute atomic E-state index is 0.0424. The number of rotatable bonds is 7. The lowest BCUT2D eigenvalue weighted by molar-refractivity contribution is 0.318. The molecule has 0 radical (unpaired) electrons. The van der Waals surface area contributed by atoms with Crippen LogP contribution in [0.25, 0.3) is 0 Å². The van der Waals surface area contributed by atoms with E-state index in [1.807, 2.05) is 24.3 Å². The molecule has 2 aromatic rings. The lowest BCUT2D eigenvalue weighted by atomic mass is 10.0. The normalized spacial score (nSPS) is 11.7. The van der Waals surface area contributed by atoms with Crippen LogP contribution in [0.15, 0.2) is 47.4 Å². The summed E-state index contributed by atoms with van der Waals surface area (Å²) in [5, 5.41) is 0.430. The van der Waals surface area contributed by atoms with Crippen molar-refractivity contribution in [1.82, 2.24) is 4.72 Å². The summed E-state index contributed by atoms with van der Waals surface area (Å²) >= 11 is 11.8. The van der Waals surface area contributed by atoms with E-state index in [-0.39, 0.29) is 23.1 Å². The first-order chi connectivity index (χ1) is 11.3. The first kappa shape index (κ1) is 19.1. The highest BCUT2D eigenvalue weighted by Crippen LogP contribution is 2.26. The standard InChI is InChI=1S/C17H19Cl2NO3S/c1-12(2)14-5-3-4-6-16(14)23-10-9-20-24(21,22)17-11-13(18)7-8-15(17)19/h3-8,11-12,20H,9-10H2,1-2H3. The number of ether oxygens (including phenoxy) is 1. The minimum Gasteiger partial charge on any atom is -0.492 e. The molecule has 0 aliphatic carbocycles. The number of hydrogen-bond acceptors (Lipinski definition) is 3. The van der Waals surface area contributed by atoms with E-state index in [9.17, 15) is 8.42 Å². The van der Waals surface area contributed by atoms with Crippen LogP contribution in [0.4, 0.5) is 0 Å². The number of nitrogens with one attached hydrogen (secondary N) is 1. The van der Waals surface area contributed by atoms with Gasteiger partial charge >= 0.3 is 0 Å². The van der Waals surface area contributed by atoms with Gasteiger partial charge in [0.15, 0.2) is 0 Å². The fraction of sp³-hybridized carbons (Fsp3) is 0.294. The van der Waals surface area contributed by atoms with Crippen LogP contribution in [0.2, 0.25) is 10.0 Å². The van der Waals surface area contributed by atoms with Crippen LogP contribution in [-0.4, -0.2) is 21.6 Å². The summed E-state index contributed by atoms with van der Waals surface area (Å²) in [7, 11) is -3.74. The predicted octanol–water partition coefficient (Wildman–Crippen LogP) is 4.47. The van der Waals surface area contributed by atoms with E-state index in [1.54, 1.807) is 0 Å². The second kappa shape index (κ2) is 8.21. The topological polar surface area (TPSA) is 55.4 Å². The quantitative estimate of drug-likeness (QED) is 0.712. The lowest BCUT2D eigenvalue weighted by Crippen LogP contribution is -2.28. The van der Waals surface area contributed by atoms with Gasteiger partial charge in [-0.3, -0.25) is 0 Å². The molecule has 0 atom stereocenters. The van der Waals surface area contributed by atoms with Crippen LogP contribution in [0, 0.1) is 0 Å². The van der Waals surface area contributed by atoms with Crippen molar-refractivity contribution in [3.8, 4) is 5.75 Å².